The third-order valence-electron chi connectivity index (χ3n) is 7.56. The summed E-state index contributed by atoms with van der Waals surface area (Å²) in [6, 6.07) is 22.3. The zero-order valence-corrected chi connectivity index (χ0v) is 19.4. The summed E-state index contributed by atoms with van der Waals surface area (Å²) in [6.45, 7) is 4.53. The van der Waals surface area contributed by atoms with Crippen LogP contribution in [0.5, 0.6) is 0 Å². The number of rotatable bonds is 7. The number of anilines is 1. The summed E-state index contributed by atoms with van der Waals surface area (Å²) in [6.07, 6.45) is 5.95. The second-order valence-corrected chi connectivity index (χ2v) is 9.60. The average Bonchev–Trinajstić information content (AvgIpc) is 3.40. The van der Waals surface area contributed by atoms with E-state index in [4.69, 9.17) is 9.15 Å². The SMILES string of the molecule is CN(C(=O)O[C@H]1C[N+]2(CCCc3ccccc3)CCC1CC2)c1ccccc1-c1ccco1. The molecule has 2 bridgehead atoms. The zero-order chi connectivity index (χ0) is 22.7. The van der Waals surface area contributed by atoms with Crippen LogP contribution in [0.4, 0.5) is 10.5 Å². The van der Waals surface area contributed by atoms with Crippen LogP contribution >= 0.6 is 0 Å². The van der Waals surface area contributed by atoms with Crippen molar-refractivity contribution in [3.05, 3.63) is 78.6 Å². The Labute approximate surface area is 196 Å². The van der Waals surface area contributed by atoms with Gasteiger partial charge in [-0.15, -0.1) is 0 Å². The smallest absolute Gasteiger partial charge is 0.414 e. The number of amides is 1. The summed E-state index contributed by atoms with van der Waals surface area (Å²) in [5.41, 5.74) is 3.09. The van der Waals surface area contributed by atoms with E-state index in [0.717, 1.165) is 53.8 Å². The van der Waals surface area contributed by atoms with Gasteiger partial charge in [0.2, 0.25) is 0 Å². The molecular weight excluding hydrogens is 412 g/mol. The van der Waals surface area contributed by atoms with E-state index in [9.17, 15) is 4.79 Å². The highest BCUT2D eigenvalue weighted by atomic mass is 16.6. The molecule has 3 aliphatic heterocycles. The van der Waals surface area contributed by atoms with Gasteiger partial charge in [-0.05, 0) is 36.2 Å². The molecule has 1 atom stereocenters. The van der Waals surface area contributed by atoms with Crippen molar-refractivity contribution in [2.24, 2.45) is 5.92 Å². The minimum absolute atomic E-state index is 0.00468. The predicted molar refractivity (Wildman–Crippen MR) is 130 cm³/mol. The van der Waals surface area contributed by atoms with Crippen LogP contribution in [0.1, 0.15) is 24.8 Å². The molecule has 1 aromatic heterocycles. The Morgan fingerprint density at radius 3 is 2.55 bits per heavy atom. The third-order valence-corrected chi connectivity index (χ3v) is 7.56. The summed E-state index contributed by atoms with van der Waals surface area (Å²) in [5.74, 6) is 1.23. The number of hydrogen-bond donors (Lipinski definition) is 0. The summed E-state index contributed by atoms with van der Waals surface area (Å²) < 4.78 is 12.8. The number of carbonyl (C=O) groups excluding carboxylic acids is 1. The van der Waals surface area contributed by atoms with Gasteiger partial charge < -0.3 is 13.6 Å². The molecule has 0 unspecified atom stereocenters. The predicted octanol–water partition coefficient (Wildman–Crippen LogP) is 5.76. The van der Waals surface area contributed by atoms with Crippen molar-refractivity contribution in [3.8, 4) is 11.3 Å². The van der Waals surface area contributed by atoms with E-state index < -0.39 is 0 Å². The van der Waals surface area contributed by atoms with E-state index in [2.05, 4.69) is 30.3 Å². The van der Waals surface area contributed by atoms with Crippen molar-refractivity contribution in [1.82, 2.24) is 0 Å². The van der Waals surface area contributed by atoms with Crippen molar-refractivity contribution >= 4 is 11.8 Å². The topological polar surface area (TPSA) is 42.7 Å². The number of para-hydroxylation sites is 1. The van der Waals surface area contributed by atoms with Crippen LogP contribution in [0.2, 0.25) is 0 Å². The molecule has 1 amide bonds. The first-order chi connectivity index (χ1) is 16.1. The molecule has 5 heteroatoms. The molecule has 0 aliphatic carbocycles. The monoisotopic (exact) mass is 445 g/mol. The Bertz CT molecular complexity index is 1060. The van der Waals surface area contributed by atoms with E-state index in [-0.39, 0.29) is 12.2 Å². The van der Waals surface area contributed by atoms with E-state index in [1.165, 1.54) is 25.1 Å². The lowest BCUT2D eigenvalue weighted by Crippen LogP contribution is -2.65. The van der Waals surface area contributed by atoms with Crippen molar-refractivity contribution in [1.29, 1.82) is 0 Å². The lowest BCUT2D eigenvalue weighted by molar-refractivity contribution is -0.946. The number of piperidine rings is 3. The quantitative estimate of drug-likeness (QED) is 0.434. The van der Waals surface area contributed by atoms with Crippen molar-refractivity contribution in [2.45, 2.75) is 31.8 Å². The number of furan rings is 1. The standard InChI is InChI=1S/C28H33N2O3/c1-29(25-13-6-5-12-24(25)26-14-8-20-32-26)28(31)33-27-21-30(18-15-23(27)16-19-30)17-7-11-22-9-3-2-4-10-22/h2-6,8-10,12-14,20,23,27H,7,11,15-19,21H2,1H3/q+1/t23?,27-,30?/m0/s1. The maximum Gasteiger partial charge on any atom is 0.414 e. The van der Waals surface area contributed by atoms with E-state index in [1.807, 2.05) is 36.4 Å². The second kappa shape index (κ2) is 9.44. The fourth-order valence-electron chi connectivity index (χ4n) is 5.65. The normalized spacial score (nSPS) is 23.9. The lowest BCUT2D eigenvalue weighted by atomic mass is 9.83. The van der Waals surface area contributed by atoms with Gasteiger partial charge in [0.25, 0.3) is 0 Å². The van der Waals surface area contributed by atoms with Gasteiger partial charge in [-0.3, -0.25) is 4.90 Å². The van der Waals surface area contributed by atoms with Crippen LogP contribution in [0.25, 0.3) is 11.3 Å². The fraction of sp³-hybridized carbons (Fsp3) is 0.393. The lowest BCUT2D eigenvalue weighted by Gasteiger charge is -2.52. The van der Waals surface area contributed by atoms with Gasteiger partial charge in [-0.2, -0.15) is 0 Å². The number of ether oxygens (including phenoxy) is 1. The maximum atomic E-state index is 13.2. The van der Waals surface area contributed by atoms with Crippen LogP contribution in [0, 0.1) is 5.92 Å². The van der Waals surface area contributed by atoms with Gasteiger partial charge >= 0.3 is 6.09 Å². The van der Waals surface area contributed by atoms with Crippen LogP contribution < -0.4 is 4.90 Å². The van der Waals surface area contributed by atoms with Crippen LogP contribution in [0.15, 0.2) is 77.4 Å². The third kappa shape index (κ3) is 4.69. The maximum absolute atomic E-state index is 13.2. The Kier molecular flexibility index (Phi) is 6.23. The Morgan fingerprint density at radius 2 is 1.79 bits per heavy atom. The highest BCUT2D eigenvalue weighted by Crippen LogP contribution is 2.37. The van der Waals surface area contributed by atoms with Gasteiger partial charge in [0.05, 0.1) is 31.6 Å². The number of quaternary nitrogens is 1. The summed E-state index contributed by atoms with van der Waals surface area (Å²) in [5, 5.41) is 0. The van der Waals surface area contributed by atoms with E-state index in [0.29, 0.717) is 5.92 Å². The van der Waals surface area contributed by atoms with Gasteiger partial charge in [-0.25, -0.2) is 4.79 Å². The summed E-state index contributed by atoms with van der Waals surface area (Å²) >= 11 is 0. The van der Waals surface area contributed by atoms with Crippen molar-refractivity contribution < 1.29 is 18.4 Å². The summed E-state index contributed by atoms with van der Waals surface area (Å²) in [7, 11) is 1.79. The Morgan fingerprint density at radius 1 is 1.03 bits per heavy atom. The molecule has 3 saturated heterocycles. The molecule has 33 heavy (non-hydrogen) atoms. The first kappa shape index (κ1) is 21.8. The molecule has 2 aromatic carbocycles. The molecule has 0 saturated carbocycles. The number of hydrogen-bond acceptors (Lipinski definition) is 3. The molecule has 3 fully saturated rings. The molecular formula is C28H33N2O3+. The number of fused-ring (bicyclic) bond motifs is 3. The van der Waals surface area contributed by atoms with Crippen LogP contribution in [-0.2, 0) is 11.2 Å². The molecule has 3 aliphatic rings. The molecule has 6 rings (SSSR count). The minimum atomic E-state index is -0.282. The highest BCUT2D eigenvalue weighted by molar-refractivity contribution is 5.92. The molecule has 3 aromatic rings. The number of aryl methyl sites for hydroxylation is 1. The largest absolute Gasteiger partial charge is 0.464 e. The number of benzene rings is 2. The number of carbonyl (C=O) groups is 1. The van der Waals surface area contributed by atoms with E-state index in [1.54, 1.807) is 18.2 Å². The first-order valence-electron chi connectivity index (χ1n) is 12.1. The number of nitrogens with zero attached hydrogens (tertiary/aromatic N) is 2. The molecule has 0 spiro atoms. The zero-order valence-electron chi connectivity index (χ0n) is 19.4. The molecule has 4 heterocycles. The van der Waals surface area contributed by atoms with Crippen LogP contribution in [0.3, 0.4) is 0 Å². The van der Waals surface area contributed by atoms with Crippen molar-refractivity contribution in [3.63, 3.8) is 0 Å². The van der Waals surface area contributed by atoms with Gasteiger partial charge in [0.15, 0.2) is 6.10 Å². The molecule has 5 nitrogen and oxygen atoms in total. The average molecular weight is 446 g/mol. The van der Waals surface area contributed by atoms with Gasteiger partial charge in [0, 0.05) is 37.8 Å². The fourth-order valence-corrected chi connectivity index (χ4v) is 5.65. The van der Waals surface area contributed by atoms with E-state index >= 15 is 0 Å². The molecule has 0 N–H and O–H groups in total. The van der Waals surface area contributed by atoms with Gasteiger partial charge in [0.1, 0.15) is 12.3 Å². The first-order valence-corrected chi connectivity index (χ1v) is 12.1. The Hall–Kier alpha value is -3.05. The van der Waals surface area contributed by atoms with Crippen molar-refractivity contribution in [2.75, 3.05) is 38.1 Å². The molecule has 0 radical (unpaired) electrons. The Balaban J connectivity index is 1.23. The summed E-state index contributed by atoms with van der Waals surface area (Å²) in [4.78, 5) is 14.8. The highest BCUT2D eigenvalue weighted by Gasteiger charge is 2.47. The van der Waals surface area contributed by atoms with Crippen LogP contribution in [-0.4, -0.2) is 49.9 Å². The van der Waals surface area contributed by atoms with Gasteiger partial charge in [-0.1, -0.05) is 42.5 Å². The minimum Gasteiger partial charge on any atom is -0.464 e. The molecule has 172 valence electrons. The second-order valence-electron chi connectivity index (χ2n) is 9.60.